The molecule has 1 rings (SSSR count). The Hall–Kier alpha value is -2.04. The zero-order chi connectivity index (χ0) is 15.0. The minimum atomic E-state index is -0.571. The van der Waals surface area contributed by atoms with E-state index >= 15 is 0 Å². The number of rotatable bonds is 7. The SMILES string of the molecule is CC(C)C(=O)NCCNC(=O)C(C)Oc1ccccc1. The summed E-state index contributed by atoms with van der Waals surface area (Å²) in [5.74, 6) is 0.384. The van der Waals surface area contributed by atoms with E-state index < -0.39 is 6.10 Å². The van der Waals surface area contributed by atoms with E-state index in [2.05, 4.69) is 10.6 Å². The molecule has 20 heavy (non-hydrogen) atoms. The fraction of sp³-hybridized carbons (Fsp3) is 0.467. The Morgan fingerprint density at radius 1 is 1.00 bits per heavy atom. The largest absolute Gasteiger partial charge is 0.481 e. The molecule has 0 fully saturated rings. The van der Waals surface area contributed by atoms with E-state index in [-0.39, 0.29) is 17.7 Å². The van der Waals surface area contributed by atoms with Gasteiger partial charge in [-0.15, -0.1) is 0 Å². The number of carbonyl (C=O) groups excluding carboxylic acids is 2. The van der Waals surface area contributed by atoms with Crippen LogP contribution in [0.5, 0.6) is 5.75 Å². The first kappa shape index (κ1) is 16.0. The number of hydrogen-bond acceptors (Lipinski definition) is 3. The van der Waals surface area contributed by atoms with Gasteiger partial charge in [-0.05, 0) is 19.1 Å². The molecule has 0 aliphatic rings. The van der Waals surface area contributed by atoms with Crippen LogP contribution in [0.2, 0.25) is 0 Å². The Kier molecular flexibility index (Phi) is 6.56. The van der Waals surface area contributed by atoms with Crippen molar-refractivity contribution in [2.24, 2.45) is 5.92 Å². The lowest BCUT2D eigenvalue weighted by atomic mass is 10.2. The lowest BCUT2D eigenvalue weighted by Gasteiger charge is -2.15. The van der Waals surface area contributed by atoms with Gasteiger partial charge in [-0.1, -0.05) is 32.0 Å². The summed E-state index contributed by atoms with van der Waals surface area (Å²) < 4.78 is 5.49. The van der Waals surface area contributed by atoms with Crippen LogP contribution < -0.4 is 15.4 Å². The van der Waals surface area contributed by atoms with Crippen LogP contribution in [0, 0.1) is 5.92 Å². The quantitative estimate of drug-likeness (QED) is 0.740. The van der Waals surface area contributed by atoms with Crippen LogP contribution in [0.4, 0.5) is 0 Å². The van der Waals surface area contributed by atoms with Crippen molar-refractivity contribution in [3.8, 4) is 5.75 Å². The molecule has 0 aliphatic heterocycles. The standard InChI is InChI=1S/C15H22N2O3/c1-11(2)14(18)16-9-10-17-15(19)12(3)20-13-7-5-4-6-8-13/h4-8,11-12H,9-10H2,1-3H3,(H,16,18)(H,17,19). The van der Waals surface area contributed by atoms with E-state index in [0.29, 0.717) is 18.8 Å². The summed E-state index contributed by atoms with van der Waals surface area (Å²) in [7, 11) is 0. The lowest BCUT2D eigenvalue weighted by Crippen LogP contribution is -2.41. The molecule has 1 aromatic carbocycles. The molecule has 0 aliphatic carbocycles. The van der Waals surface area contributed by atoms with Gasteiger partial charge in [0.05, 0.1) is 0 Å². The Bertz CT molecular complexity index is 432. The molecule has 1 aromatic rings. The van der Waals surface area contributed by atoms with Gasteiger partial charge in [0.25, 0.3) is 5.91 Å². The first-order chi connectivity index (χ1) is 9.50. The first-order valence-corrected chi connectivity index (χ1v) is 6.78. The second-order valence-electron chi connectivity index (χ2n) is 4.81. The highest BCUT2D eigenvalue weighted by atomic mass is 16.5. The highest BCUT2D eigenvalue weighted by molar-refractivity contribution is 5.81. The number of ether oxygens (including phenoxy) is 1. The summed E-state index contributed by atoms with van der Waals surface area (Å²) in [5.41, 5.74) is 0. The molecule has 0 aromatic heterocycles. The highest BCUT2D eigenvalue weighted by Gasteiger charge is 2.14. The third-order valence-electron chi connectivity index (χ3n) is 2.67. The predicted molar refractivity (Wildman–Crippen MR) is 77.4 cm³/mol. The summed E-state index contributed by atoms with van der Waals surface area (Å²) in [6.07, 6.45) is -0.571. The van der Waals surface area contributed by atoms with Gasteiger partial charge in [0.15, 0.2) is 6.10 Å². The summed E-state index contributed by atoms with van der Waals surface area (Å²) >= 11 is 0. The molecule has 0 heterocycles. The molecule has 0 bridgehead atoms. The average Bonchev–Trinajstić information content (AvgIpc) is 2.43. The first-order valence-electron chi connectivity index (χ1n) is 6.78. The molecular formula is C15H22N2O3. The number of hydrogen-bond donors (Lipinski definition) is 2. The second kappa shape index (κ2) is 8.19. The average molecular weight is 278 g/mol. The number of carbonyl (C=O) groups is 2. The Balaban J connectivity index is 2.24. The van der Waals surface area contributed by atoms with Crippen molar-refractivity contribution >= 4 is 11.8 Å². The minimum Gasteiger partial charge on any atom is -0.481 e. The Morgan fingerprint density at radius 2 is 1.55 bits per heavy atom. The van der Waals surface area contributed by atoms with E-state index in [0.717, 1.165) is 0 Å². The molecule has 2 amide bonds. The molecule has 0 saturated heterocycles. The van der Waals surface area contributed by atoms with Crippen LogP contribution in [0.15, 0.2) is 30.3 Å². The maximum absolute atomic E-state index is 11.8. The van der Waals surface area contributed by atoms with Crippen LogP contribution in [0.3, 0.4) is 0 Å². The molecule has 0 radical (unpaired) electrons. The number of para-hydroxylation sites is 1. The van der Waals surface area contributed by atoms with Crippen LogP contribution in [0.1, 0.15) is 20.8 Å². The maximum Gasteiger partial charge on any atom is 0.260 e. The van der Waals surface area contributed by atoms with Gasteiger partial charge in [-0.25, -0.2) is 0 Å². The summed E-state index contributed by atoms with van der Waals surface area (Å²) in [6.45, 7) is 6.14. The van der Waals surface area contributed by atoms with Gasteiger partial charge in [0.1, 0.15) is 5.75 Å². The van der Waals surface area contributed by atoms with Crippen molar-refractivity contribution in [2.75, 3.05) is 13.1 Å². The van der Waals surface area contributed by atoms with Crippen LogP contribution in [-0.4, -0.2) is 31.0 Å². The fourth-order valence-corrected chi connectivity index (χ4v) is 1.48. The zero-order valence-electron chi connectivity index (χ0n) is 12.2. The van der Waals surface area contributed by atoms with Gasteiger partial charge in [-0.3, -0.25) is 9.59 Å². The number of benzene rings is 1. The molecule has 5 heteroatoms. The molecule has 1 unspecified atom stereocenters. The van der Waals surface area contributed by atoms with Crippen molar-refractivity contribution in [1.29, 1.82) is 0 Å². The lowest BCUT2D eigenvalue weighted by molar-refractivity contribution is -0.128. The monoisotopic (exact) mass is 278 g/mol. The smallest absolute Gasteiger partial charge is 0.260 e. The van der Waals surface area contributed by atoms with E-state index in [4.69, 9.17) is 4.74 Å². The molecule has 110 valence electrons. The van der Waals surface area contributed by atoms with Crippen LogP contribution in [-0.2, 0) is 9.59 Å². The molecular weight excluding hydrogens is 256 g/mol. The topological polar surface area (TPSA) is 67.4 Å². The fourth-order valence-electron chi connectivity index (χ4n) is 1.48. The van der Waals surface area contributed by atoms with Crippen molar-refractivity contribution < 1.29 is 14.3 Å². The molecule has 0 spiro atoms. The zero-order valence-corrected chi connectivity index (χ0v) is 12.2. The Labute approximate surface area is 119 Å². The third kappa shape index (κ3) is 5.73. The van der Waals surface area contributed by atoms with Gasteiger partial charge < -0.3 is 15.4 Å². The van der Waals surface area contributed by atoms with E-state index in [1.165, 1.54) is 0 Å². The van der Waals surface area contributed by atoms with Gasteiger partial charge >= 0.3 is 0 Å². The maximum atomic E-state index is 11.8. The highest BCUT2D eigenvalue weighted by Crippen LogP contribution is 2.10. The van der Waals surface area contributed by atoms with E-state index in [1.54, 1.807) is 19.1 Å². The van der Waals surface area contributed by atoms with Crippen molar-refractivity contribution in [1.82, 2.24) is 10.6 Å². The summed E-state index contributed by atoms with van der Waals surface area (Å²) in [6, 6.07) is 9.18. The molecule has 5 nitrogen and oxygen atoms in total. The molecule has 1 atom stereocenters. The van der Waals surface area contributed by atoms with E-state index in [1.807, 2.05) is 32.0 Å². The molecule has 0 saturated carbocycles. The van der Waals surface area contributed by atoms with Crippen molar-refractivity contribution in [2.45, 2.75) is 26.9 Å². The Morgan fingerprint density at radius 3 is 2.10 bits per heavy atom. The van der Waals surface area contributed by atoms with Gasteiger partial charge in [0.2, 0.25) is 5.91 Å². The summed E-state index contributed by atoms with van der Waals surface area (Å²) in [5, 5.41) is 5.45. The van der Waals surface area contributed by atoms with Crippen molar-refractivity contribution in [3.05, 3.63) is 30.3 Å². The second-order valence-corrected chi connectivity index (χ2v) is 4.81. The van der Waals surface area contributed by atoms with Gasteiger partial charge in [-0.2, -0.15) is 0 Å². The normalized spacial score (nSPS) is 11.8. The molecule has 2 N–H and O–H groups in total. The van der Waals surface area contributed by atoms with Crippen molar-refractivity contribution in [3.63, 3.8) is 0 Å². The predicted octanol–water partition coefficient (Wildman–Crippen LogP) is 1.34. The van der Waals surface area contributed by atoms with Gasteiger partial charge in [0, 0.05) is 19.0 Å². The summed E-state index contributed by atoms with van der Waals surface area (Å²) in [4.78, 5) is 23.1. The van der Waals surface area contributed by atoms with Crippen LogP contribution in [0.25, 0.3) is 0 Å². The number of amides is 2. The van der Waals surface area contributed by atoms with Crippen LogP contribution >= 0.6 is 0 Å². The third-order valence-corrected chi connectivity index (χ3v) is 2.67. The number of nitrogens with one attached hydrogen (secondary N) is 2. The van der Waals surface area contributed by atoms with E-state index in [9.17, 15) is 9.59 Å². The minimum absolute atomic E-state index is 0.0205.